The SMILES string of the molecule is N[C@@H]1c2cccnc2CC12CCN(c1nc[c][nH]c1=O)CC2. The van der Waals surface area contributed by atoms with Crippen LogP contribution in [0.1, 0.15) is 30.1 Å². The second-order valence-corrected chi connectivity index (χ2v) is 6.22. The molecule has 2 aromatic rings. The highest BCUT2D eigenvalue weighted by Gasteiger charge is 2.46. The van der Waals surface area contributed by atoms with Crippen LogP contribution in [0.25, 0.3) is 0 Å². The number of H-pyrrole nitrogens is 1. The fraction of sp³-hybridized carbons (Fsp3) is 0.438. The van der Waals surface area contributed by atoms with Crippen molar-refractivity contribution >= 4 is 5.82 Å². The first-order valence-corrected chi connectivity index (χ1v) is 7.59. The van der Waals surface area contributed by atoms with Crippen LogP contribution in [-0.2, 0) is 6.42 Å². The van der Waals surface area contributed by atoms with E-state index in [2.05, 4.69) is 27.2 Å². The molecular weight excluding hydrogens is 278 g/mol. The molecule has 0 bridgehead atoms. The molecule has 6 nitrogen and oxygen atoms in total. The first kappa shape index (κ1) is 13.5. The fourth-order valence-electron chi connectivity index (χ4n) is 3.84. The molecule has 1 fully saturated rings. The number of fused-ring (bicyclic) bond motifs is 1. The Morgan fingerprint density at radius 1 is 1.36 bits per heavy atom. The molecule has 0 unspecified atom stereocenters. The molecule has 1 spiro atoms. The van der Waals surface area contributed by atoms with E-state index >= 15 is 0 Å². The maximum atomic E-state index is 11.8. The van der Waals surface area contributed by atoms with E-state index in [-0.39, 0.29) is 17.0 Å². The van der Waals surface area contributed by atoms with Crippen molar-refractivity contribution in [1.29, 1.82) is 0 Å². The average molecular weight is 296 g/mol. The van der Waals surface area contributed by atoms with Crippen molar-refractivity contribution in [3.05, 3.63) is 52.3 Å². The van der Waals surface area contributed by atoms with Crippen LogP contribution in [0.15, 0.2) is 29.3 Å². The lowest BCUT2D eigenvalue weighted by Gasteiger charge is -2.42. The molecule has 6 heteroatoms. The molecule has 113 valence electrons. The van der Waals surface area contributed by atoms with E-state index in [0.717, 1.165) is 38.0 Å². The van der Waals surface area contributed by atoms with E-state index in [1.807, 2.05) is 17.2 Å². The van der Waals surface area contributed by atoms with Gasteiger partial charge >= 0.3 is 0 Å². The van der Waals surface area contributed by atoms with Crippen molar-refractivity contribution < 1.29 is 0 Å². The molecule has 1 saturated heterocycles. The smallest absolute Gasteiger partial charge is 0.291 e. The molecule has 4 rings (SSSR count). The van der Waals surface area contributed by atoms with Crippen LogP contribution < -0.4 is 16.2 Å². The summed E-state index contributed by atoms with van der Waals surface area (Å²) < 4.78 is 0. The predicted octanol–water partition coefficient (Wildman–Crippen LogP) is 0.808. The van der Waals surface area contributed by atoms with Crippen molar-refractivity contribution in [2.24, 2.45) is 11.1 Å². The lowest BCUT2D eigenvalue weighted by Crippen LogP contribution is -2.46. The van der Waals surface area contributed by atoms with Gasteiger partial charge in [-0.1, -0.05) is 6.07 Å². The number of nitrogens with zero attached hydrogens (tertiary/aromatic N) is 3. The summed E-state index contributed by atoms with van der Waals surface area (Å²) in [6.45, 7) is 1.59. The maximum Gasteiger partial charge on any atom is 0.291 e. The number of hydrogen-bond acceptors (Lipinski definition) is 5. The molecule has 0 amide bonds. The van der Waals surface area contributed by atoms with Crippen molar-refractivity contribution in [3.63, 3.8) is 0 Å². The summed E-state index contributed by atoms with van der Waals surface area (Å²) in [7, 11) is 0. The van der Waals surface area contributed by atoms with Gasteiger partial charge in [0.1, 0.15) is 0 Å². The van der Waals surface area contributed by atoms with Crippen LogP contribution in [0.2, 0.25) is 0 Å². The Labute approximate surface area is 128 Å². The highest BCUT2D eigenvalue weighted by atomic mass is 16.1. The van der Waals surface area contributed by atoms with Crippen molar-refractivity contribution in [1.82, 2.24) is 15.0 Å². The highest BCUT2D eigenvalue weighted by Crippen LogP contribution is 2.50. The Balaban J connectivity index is 1.56. The van der Waals surface area contributed by atoms with Gasteiger partial charge in [-0.15, -0.1) is 0 Å². The minimum atomic E-state index is -0.181. The standard InChI is InChI=1S/C16H18N5O/c17-13-11-2-1-5-18-12(11)10-16(13)3-8-21(9-4-16)14-15(22)20-7-6-19-14/h1-2,5-6,13H,3-4,8-10,17H2,(H,20,22)/t13-/m1/s1. The topological polar surface area (TPSA) is 87.9 Å². The molecule has 0 aromatic carbocycles. The molecule has 1 atom stereocenters. The summed E-state index contributed by atoms with van der Waals surface area (Å²) >= 11 is 0. The molecule has 1 radical (unpaired) electrons. The predicted molar refractivity (Wildman–Crippen MR) is 82.4 cm³/mol. The van der Waals surface area contributed by atoms with E-state index in [1.165, 1.54) is 11.8 Å². The Kier molecular flexibility index (Phi) is 3.00. The second-order valence-electron chi connectivity index (χ2n) is 6.22. The van der Waals surface area contributed by atoms with Crippen molar-refractivity contribution in [3.8, 4) is 0 Å². The molecule has 0 saturated carbocycles. The third-order valence-electron chi connectivity index (χ3n) is 5.14. The number of hydrogen-bond donors (Lipinski definition) is 2. The average Bonchev–Trinajstić information content (AvgIpc) is 2.82. The monoisotopic (exact) mass is 296 g/mol. The quantitative estimate of drug-likeness (QED) is 0.813. The van der Waals surface area contributed by atoms with Gasteiger partial charge in [0.05, 0.1) is 12.4 Å². The van der Waals surface area contributed by atoms with Gasteiger partial charge in [0.2, 0.25) is 0 Å². The van der Waals surface area contributed by atoms with Crippen molar-refractivity contribution in [2.75, 3.05) is 18.0 Å². The third kappa shape index (κ3) is 1.94. The Hall–Kier alpha value is -2.21. The molecule has 1 aliphatic carbocycles. The van der Waals surface area contributed by atoms with Gasteiger partial charge in [-0.25, -0.2) is 4.98 Å². The zero-order valence-corrected chi connectivity index (χ0v) is 12.2. The van der Waals surface area contributed by atoms with Gasteiger partial charge in [-0.3, -0.25) is 9.78 Å². The minimum absolute atomic E-state index is 0.0358. The van der Waals surface area contributed by atoms with Gasteiger partial charge < -0.3 is 15.6 Å². The molecule has 22 heavy (non-hydrogen) atoms. The third-order valence-corrected chi connectivity index (χ3v) is 5.14. The van der Waals surface area contributed by atoms with Crippen LogP contribution in [0.5, 0.6) is 0 Å². The van der Waals surface area contributed by atoms with Crippen molar-refractivity contribution in [2.45, 2.75) is 25.3 Å². The molecule has 3 N–H and O–H groups in total. The summed E-state index contributed by atoms with van der Waals surface area (Å²) in [5.74, 6) is 0.482. The van der Waals surface area contributed by atoms with E-state index in [9.17, 15) is 4.79 Å². The highest BCUT2D eigenvalue weighted by molar-refractivity contribution is 5.39. The Morgan fingerprint density at radius 3 is 2.91 bits per heavy atom. The molecule has 2 aromatic heterocycles. The van der Waals surface area contributed by atoms with Gasteiger partial charge in [0.15, 0.2) is 5.82 Å². The van der Waals surface area contributed by atoms with E-state index in [0.29, 0.717) is 5.82 Å². The Morgan fingerprint density at radius 2 is 2.18 bits per heavy atom. The normalized spacial score (nSPS) is 22.8. The largest absolute Gasteiger partial charge is 0.352 e. The summed E-state index contributed by atoms with van der Waals surface area (Å²) in [6.07, 6.45) is 8.78. The summed E-state index contributed by atoms with van der Waals surface area (Å²) in [5, 5.41) is 0. The van der Waals surface area contributed by atoms with Crippen LogP contribution in [0.4, 0.5) is 5.82 Å². The van der Waals surface area contributed by atoms with Gasteiger partial charge in [-0.05, 0) is 36.3 Å². The van der Waals surface area contributed by atoms with E-state index in [1.54, 1.807) is 0 Å². The molecular formula is C16H18N5O. The van der Waals surface area contributed by atoms with E-state index < -0.39 is 0 Å². The van der Waals surface area contributed by atoms with Crippen LogP contribution in [-0.4, -0.2) is 28.0 Å². The fourth-order valence-corrected chi connectivity index (χ4v) is 3.84. The lowest BCUT2D eigenvalue weighted by molar-refractivity contribution is 0.186. The number of piperidine rings is 1. The number of pyridine rings is 1. The Bertz CT molecular complexity index is 748. The zero-order valence-electron chi connectivity index (χ0n) is 12.2. The van der Waals surface area contributed by atoms with Gasteiger partial charge in [0.25, 0.3) is 5.56 Å². The summed E-state index contributed by atoms with van der Waals surface area (Å²) in [5.41, 5.74) is 8.73. The maximum absolute atomic E-state index is 11.8. The second kappa shape index (κ2) is 4.91. The number of nitrogens with two attached hydrogens (primary N) is 1. The summed E-state index contributed by atoms with van der Waals surface area (Å²) in [4.78, 5) is 25.1. The number of anilines is 1. The first-order valence-electron chi connectivity index (χ1n) is 7.59. The molecule has 2 aliphatic rings. The van der Waals surface area contributed by atoms with Crippen LogP contribution in [0.3, 0.4) is 0 Å². The van der Waals surface area contributed by atoms with E-state index in [4.69, 9.17) is 5.73 Å². The zero-order chi connectivity index (χ0) is 15.2. The van der Waals surface area contributed by atoms with Gasteiger partial charge in [-0.2, -0.15) is 0 Å². The van der Waals surface area contributed by atoms with Crippen LogP contribution >= 0.6 is 0 Å². The number of aromatic amines is 1. The minimum Gasteiger partial charge on any atom is -0.352 e. The molecule has 3 heterocycles. The van der Waals surface area contributed by atoms with Gasteiger partial charge in [0, 0.05) is 31.0 Å². The number of aromatic nitrogens is 3. The molecule has 1 aliphatic heterocycles. The van der Waals surface area contributed by atoms with Crippen LogP contribution in [0, 0.1) is 11.6 Å². The lowest BCUT2D eigenvalue weighted by atomic mass is 9.73. The summed E-state index contributed by atoms with van der Waals surface area (Å²) in [6, 6.07) is 4.08. The first-order chi connectivity index (χ1) is 10.7. The number of nitrogens with one attached hydrogen (secondary N) is 1. The number of rotatable bonds is 1.